The van der Waals surface area contributed by atoms with Crippen LogP contribution in [0.5, 0.6) is 0 Å². The molecule has 6 rings (SSSR count). The van der Waals surface area contributed by atoms with E-state index in [-0.39, 0.29) is 23.0 Å². The van der Waals surface area contributed by atoms with Gasteiger partial charge in [0.1, 0.15) is 11.0 Å². The highest BCUT2D eigenvalue weighted by Gasteiger charge is 2.27. The maximum absolute atomic E-state index is 13.4. The van der Waals surface area contributed by atoms with Gasteiger partial charge in [0.15, 0.2) is 0 Å². The summed E-state index contributed by atoms with van der Waals surface area (Å²) in [6.45, 7) is 8.27. The summed E-state index contributed by atoms with van der Waals surface area (Å²) in [5.74, 6) is 0.756. The fourth-order valence-electron chi connectivity index (χ4n) is 6.12. The third-order valence-corrected chi connectivity index (χ3v) is 8.33. The fourth-order valence-corrected chi connectivity index (χ4v) is 6.31. The van der Waals surface area contributed by atoms with Gasteiger partial charge in [-0.05, 0) is 69.3 Å². The van der Waals surface area contributed by atoms with Gasteiger partial charge in [0.2, 0.25) is 0 Å². The van der Waals surface area contributed by atoms with Crippen LogP contribution in [0.3, 0.4) is 0 Å². The Morgan fingerprint density at radius 3 is 2.21 bits per heavy atom. The molecule has 10 heteroatoms. The topological polar surface area (TPSA) is 87.1 Å². The molecule has 0 atom stereocenters. The van der Waals surface area contributed by atoms with E-state index in [1.807, 2.05) is 57.2 Å². The maximum Gasteiger partial charge on any atom is 0.331 e. The predicted molar refractivity (Wildman–Crippen MR) is 157 cm³/mol. The lowest BCUT2D eigenvalue weighted by molar-refractivity contribution is 0.371. The molecule has 0 N–H and O–H groups in total. The van der Waals surface area contributed by atoms with Gasteiger partial charge in [0.05, 0.1) is 21.9 Å². The second-order valence-electron chi connectivity index (χ2n) is 10.4. The Kier molecular flexibility index (Phi) is 6.14. The summed E-state index contributed by atoms with van der Waals surface area (Å²) < 4.78 is 6.56. The molecule has 1 fully saturated rings. The minimum atomic E-state index is -0.290. The van der Waals surface area contributed by atoms with E-state index in [4.69, 9.17) is 16.6 Å². The SMILES string of the molecule is CCn1c(=O)n(CC)c2cc3c(N4CCC(n5c(=O)c6cc(C)ccc6n(C)c5=O)CC4)nc(Cl)cc3cc21. The molecule has 0 aliphatic carbocycles. The highest BCUT2D eigenvalue weighted by atomic mass is 35.5. The summed E-state index contributed by atoms with van der Waals surface area (Å²) in [5.41, 5.74) is 2.83. The van der Waals surface area contributed by atoms with Crippen molar-refractivity contribution < 1.29 is 0 Å². The first kappa shape index (κ1) is 25.4. The molecule has 1 saturated heterocycles. The monoisotopic (exact) mass is 546 g/mol. The summed E-state index contributed by atoms with van der Waals surface area (Å²) in [7, 11) is 1.72. The number of nitrogens with zero attached hydrogens (tertiary/aromatic N) is 6. The number of hydrogen-bond donors (Lipinski definition) is 0. The van der Waals surface area contributed by atoms with Crippen molar-refractivity contribution in [3.63, 3.8) is 0 Å². The van der Waals surface area contributed by atoms with E-state index in [1.165, 1.54) is 4.57 Å². The zero-order valence-corrected chi connectivity index (χ0v) is 23.3. The van der Waals surface area contributed by atoms with Gasteiger partial charge < -0.3 is 4.90 Å². The Balaban J connectivity index is 1.40. The van der Waals surface area contributed by atoms with Gasteiger partial charge in [-0.25, -0.2) is 14.6 Å². The highest BCUT2D eigenvalue weighted by molar-refractivity contribution is 6.30. The minimum absolute atomic E-state index is 0.0238. The second kappa shape index (κ2) is 9.41. The average molecular weight is 547 g/mol. The van der Waals surface area contributed by atoms with Crippen LogP contribution >= 0.6 is 11.6 Å². The van der Waals surface area contributed by atoms with Gasteiger partial charge in [0.25, 0.3) is 5.56 Å². The number of pyridine rings is 1. The molecule has 4 heterocycles. The number of hydrogen-bond acceptors (Lipinski definition) is 5. The number of rotatable bonds is 4. The van der Waals surface area contributed by atoms with E-state index >= 15 is 0 Å². The number of anilines is 1. The van der Waals surface area contributed by atoms with E-state index in [9.17, 15) is 14.4 Å². The largest absolute Gasteiger partial charge is 0.356 e. The summed E-state index contributed by atoms with van der Waals surface area (Å²) in [5, 5.41) is 2.79. The van der Waals surface area contributed by atoms with E-state index < -0.39 is 0 Å². The molecule has 0 radical (unpaired) electrons. The van der Waals surface area contributed by atoms with Crippen molar-refractivity contribution in [3.05, 3.63) is 78.4 Å². The van der Waals surface area contributed by atoms with Gasteiger partial charge in [-0.3, -0.25) is 23.1 Å². The van der Waals surface area contributed by atoms with Crippen molar-refractivity contribution in [2.24, 2.45) is 7.05 Å². The first-order valence-corrected chi connectivity index (χ1v) is 13.8. The normalized spacial score (nSPS) is 14.7. The molecule has 39 heavy (non-hydrogen) atoms. The number of halogens is 1. The van der Waals surface area contributed by atoms with E-state index in [0.717, 1.165) is 33.2 Å². The molecule has 0 bridgehead atoms. The molecular weight excluding hydrogens is 516 g/mol. The molecule has 0 unspecified atom stereocenters. The van der Waals surface area contributed by atoms with Crippen LogP contribution < -0.4 is 21.8 Å². The van der Waals surface area contributed by atoms with Crippen molar-refractivity contribution in [2.75, 3.05) is 18.0 Å². The van der Waals surface area contributed by atoms with Gasteiger partial charge in [-0.1, -0.05) is 23.2 Å². The Labute approximate surface area is 229 Å². The van der Waals surface area contributed by atoms with Crippen LogP contribution in [-0.2, 0) is 20.1 Å². The van der Waals surface area contributed by atoms with Crippen molar-refractivity contribution in [1.29, 1.82) is 0 Å². The maximum atomic E-state index is 13.4. The molecule has 0 amide bonds. The molecule has 3 aromatic heterocycles. The molecule has 2 aromatic carbocycles. The molecule has 9 nitrogen and oxygen atoms in total. The van der Waals surface area contributed by atoms with Crippen LogP contribution in [0, 0.1) is 6.92 Å². The Hall–Kier alpha value is -3.85. The van der Waals surface area contributed by atoms with Crippen LogP contribution in [0.4, 0.5) is 5.82 Å². The Morgan fingerprint density at radius 2 is 1.54 bits per heavy atom. The van der Waals surface area contributed by atoms with Crippen molar-refractivity contribution in [1.82, 2.24) is 23.3 Å². The standard InChI is InChI=1S/C29H31ClN6O3/c1-5-34-23-14-18-15-25(30)31-26(20(18)16-24(23)35(6-2)29(34)39)33-11-9-19(10-12-33)36-27(37)21-13-17(3)7-8-22(21)32(4)28(36)38/h7-8,13-16,19H,5-6,9-12H2,1-4H3. The van der Waals surface area contributed by atoms with Gasteiger partial charge >= 0.3 is 11.4 Å². The van der Waals surface area contributed by atoms with E-state index in [1.54, 1.807) is 20.7 Å². The number of piperidine rings is 1. The Morgan fingerprint density at radius 1 is 0.872 bits per heavy atom. The van der Waals surface area contributed by atoms with Crippen LogP contribution in [0.25, 0.3) is 32.7 Å². The van der Waals surface area contributed by atoms with Crippen molar-refractivity contribution in [3.8, 4) is 0 Å². The van der Waals surface area contributed by atoms with Crippen LogP contribution in [-0.4, -0.2) is 36.3 Å². The lowest BCUT2D eigenvalue weighted by atomic mass is 10.0. The molecular formula is C29H31ClN6O3. The molecule has 202 valence electrons. The smallest absolute Gasteiger partial charge is 0.331 e. The summed E-state index contributed by atoms with van der Waals surface area (Å²) >= 11 is 6.48. The number of aromatic nitrogens is 5. The van der Waals surface area contributed by atoms with Crippen molar-refractivity contribution >= 4 is 50.1 Å². The quantitative estimate of drug-likeness (QED) is 0.315. The summed E-state index contributed by atoms with van der Waals surface area (Å²) in [6.07, 6.45) is 1.24. The minimum Gasteiger partial charge on any atom is -0.356 e. The predicted octanol–water partition coefficient (Wildman–Crippen LogP) is 4.21. The zero-order valence-electron chi connectivity index (χ0n) is 22.6. The first-order valence-electron chi connectivity index (χ1n) is 13.4. The van der Waals surface area contributed by atoms with Crippen LogP contribution in [0.1, 0.15) is 38.3 Å². The lowest BCUT2D eigenvalue weighted by Gasteiger charge is -2.34. The molecule has 5 aromatic rings. The highest BCUT2D eigenvalue weighted by Crippen LogP contribution is 2.34. The fraction of sp³-hybridized carbons (Fsp3) is 0.379. The van der Waals surface area contributed by atoms with Crippen LogP contribution in [0.2, 0.25) is 5.15 Å². The van der Waals surface area contributed by atoms with E-state index in [0.29, 0.717) is 55.1 Å². The average Bonchev–Trinajstić information content (AvgIpc) is 3.19. The van der Waals surface area contributed by atoms with Crippen LogP contribution in [0.15, 0.2) is 50.8 Å². The lowest BCUT2D eigenvalue weighted by Crippen LogP contribution is -2.45. The number of imidazole rings is 1. The van der Waals surface area contributed by atoms with Gasteiger partial charge in [0, 0.05) is 44.7 Å². The Bertz CT molecular complexity index is 1960. The molecule has 0 saturated carbocycles. The van der Waals surface area contributed by atoms with E-state index in [2.05, 4.69) is 4.90 Å². The number of benzene rings is 2. The summed E-state index contributed by atoms with van der Waals surface area (Å²) in [4.78, 5) is 46.5. The van der Waals surface area contributed by atoms with Crippen molar-refractivity contribution in [2.45, 2.75) is 52.7 Å². The third kappa shape index (κ3) is 3.90. The first-order chi connectivity index (χ1) is 18.7. The molecule has 0 spiro atoms. The molecule has 1 aliphatic rings. The third-order valence-electron chi connectivity index (χ3n) is 8.14. The number of aryl methyl sites for hydroxylation is 4. The van der Waals surface area contributed by atoms with Gasteiger partial charge in [-0.2, -0.15) is 0 Å². The zero-order chi connectivity index (χ0) is 27.6. The molecule has 1 aliphatic heterocycles. The van der Waals surface area contributed by atoms with Gasteiger partial charge in [-0.15, -0.1) is 0 Å². The second-order valence-corrected chi connectivity index (χ2v) is 10.7. The summed E-state index contributed by atoms with van der Waals surface area (Å²) in [6, 6.07) is 11.3. The number of fused-ring (bicyclic) bond motifs is 3.